The maximum absolute atomic E-state index is 6.07. The Balaban J connectivity index is 3.21. The molecular weight excluding hydrogens is 182 g/mol. The van der Waals surface area contributed by atoms with E-state index in [0.29, 0.717) is 0 Å². The summed E-state index contributed by atoms with van der Waals surface area (Å²) in [6.07, 6.45) is 1.03. The lowest BCUT2D eigenvalue weighted by Gasteiger charge is -2.25. The van der Waals surface area contributed by atoms with Crippen LogP contribution >= 0.6 is 0 Å². The number of hydrogen-bond acceptors (Lipinski definition) is 1. The molecule has 1 nitrogen and oxygen atoms in total. The zero-order valence-electron chi connectivity index (χ0n) is 10.5. The second kappa shape index (κ2) is 4.26. The highest BCUT2D eigenvalue weighted by molar-refractivity contribution is 5.54. The molecule has 0 amide bonds. The fourth-order valence-electron chi connectivity index (χ4n) is 2.06. The van der Waals surface area contributed by atoms with Crippen molar-refractivity contribution in [1.82, 2.24) is 0 Å². The molecule has 0 fully saturated rings. The molecule has 0 aromatic heterocycles. The van der Waals surface area contributed by atoms with Gasteiger partial charge in [-0.25, -0.2) is 0 Å². The van der Waals surface area contributed by atoms with Gasteiger partial charge in [-0.05, 0) is 34.9 Å². The highest BCUT2D eigenvalue weighted by atomic mass is 14.6. The fourth-order valence-corrected chi connectivity index (χ4v) is 2.06. The first-order valence-corrected chi connectivity index (χ1v) is 5.49. The SMILES string of the molecule is C[C](C)Cc1cccc(N)c1C(C)(C)C. The van der Waals surface area contributed by atoms with Gasteiger partial charge < -0.3 is 5.73 Å². The van der Waals surface area contributed by atoms with Gasteiger partial charge in [0, 0.05) is 5.69 Å². The summed E-state index contributed by atoms with van der Waals surface area (Å²) in [6.45, 7) is 11.0. The molecule has 0 spiro atoms. The van der Waals surface area contributed by atoms with Crippen LogP contribution in [-0.4, -0.2) is 0 Å². The number of rotatable bonds is 2. The van der Waals surface area contributed by atoms with E-state index in [4.69, 9.17) is 5.73 Å². The van der Waals surface area contributed by atoms with E-state index in [2.05, 4.69) is 40.7 Å². The Morgan fingerprint density at radius 1 is 1.20 bits per heavy atom. The van der Waals surface area contributed by atoms with E-state index < -0.39 is 0 Å². The molecule has 1 radical (unpaired) electrons. The van der Waals surface area contributed by atoms with E-state index in [1.165, 1.54) is 17.0 Å². The minimum atomic E-state index is 0.121. The summed E-state index contributed by atoms with van der Waals surface area (Å²) in [4.78, 5) is 0. The first-order chi connectivity index (χ1) is 6.82. The fraction of sp³-hybridized carbons (Fsp3) is 0.500. The van der Waals surface area contributed by atoms with E-state index >= 15 is 0 Å². The number of nitrogen functional groups attached to an aromatic ring is 1. The highest BCUT2D eigenvalue weighted by Gasteiger charge is 2.20. The zero-order valence-corrected chi connectivity index (χ0v) is 10.5. The molecule has 1 heteroatoms. The molecule has 15 heavy (non-hydrogen) atoms. The van der Waals surface area contributed by atoms with Crippen molar-refractivity contribution in [3.8, 4) is 0 Å². The number of benzene rings is 1. The Labute approximate surface area is 93.7 Å². The monoisotopic (exact) mass is 204 g/mol. The second-order valence-electron chi connectivity index (χ2n) is 5.52. The zero-order chi connectivity index (χ0) is 11.6. The summed E-state index contributed by atoms with van der Waals surface area (Å²) in [6, 6.07) is 6.22. The van der Waals surface area contributed by atoms with Crippen molar-refractivity contribution in [2.45, 2.75) is 46.5 Å². The van der Waals surface area contributed by atoms with Gasteiger partial charge in [0.25, 0.3) is 0 Å². The quantitative estimate of drug-likeness (QED) is 0.730. The van der Waals surface area contributed by atoms with Gasteiger partial charge in [0.1, 0.15) is 0 Å². The first kappa shape index (κ1) is 12.1. The van der Waals surface area contributed by atoms with Crippen molar-refractivity contribution >= 4 is 5.69 Å². The van der Waals surface area contributed by atoms with Crippen LogP contribution in [0.5, 0.6) is 0 Å². The van der Waals surface area contributed by atoms with E-state index in [9.17, 15) is 0 Å². The predicted molar refractivity (Wildman–Crippen MR) is 67.8 cm³/mol. The molecule has 1 aromatic rings. The maximum atomic E-state index is 6.07. The van der Waals surface area contributed by atoms with Crippen LogP contribution in [0.3, 0.4) is 0 Å². The average Bonchev–Trinajstić information content (AvgIpc) is 1.99. The van der Waals surface area contributed by atoms with Crippen molar-refractivity contribution in [2.24, 2.45) is 0 Å². The molecule has 0 atom stereocenters. The Morgan fingerprint density at radius 2 is 1.80 bits per heavy atom. The van der Waals surface area contributed by atoms with Crippen LogP contribution in [0, 0.1) is 5.92 Å². The number of anilines is 1. The van der Waals surface area contributed by atoms with Gasteiger partial charge in [0.05, 0.1) is 0 Å². The molecule has 0 bridgehead atoms. The first-order valence-electron chi connectivity index (χ1n) is 5.49. The Kier molecular flexibility index (Phi) is 3.43. The van der Waals surface area contributed by atoms with E-state index in [0.717, 1.165) is 12.1 Å². The highest BCUT2D eigenvalue weighted by Crippen LogP contribution is 2.32. The van der Waals surface area contributed by atoms with Crippen LogP contribution in [0.15, 0.2) is 18.2 Å². The summed E-state index contributed by atoms with van der Waals surface area (Å²) >= 11 is 0. The van der Waals surface area contributed by atoms with Crippen LogP contribution in [0.2, 0.25) is 0 Å². The Morgan fingerprint density at radius 3 is 2.27 bits per heavy atom. The summed E-state index contributed by atoms with van der Waals surface area (Å²) in [7, 11) is 0. The molecule has 0 saturated carbocycles. The van der Waals surface area contributed by atoms with Crippen LogP contribution in [0.4, 0.5) is 5.69 Å². The number of hydrogen-bond donors (Lipinski definition) is 1. The van der Waals surface area contributed by atoms with Crippen LogP contribution in [0.1, 0.15) is 45.7 Å². The molecule has 0 aliphatic heterocycles. The third-order valence-corrected chi connectivity index (χ3v) is 2.48. The number of nitrogens with two attached hydrogens (primary N) is 1. The molecule has 0 heterocycles. The van der Waals surface area contributed by atoms with Gasteiger partial charge >= 0.3 is 0 Å². The smallest absolute Gasteiger partial charge is 0.0354 e. The van der Waals surface area contributed by atoms with E-state index in [1.54, 1.807) is 0 Å². The van der Waals surface area contributed by atoms with Crippen LogP contribution in [-0.2, 0) is 11.8 Å². The van der Waals surface area contributed by atoms with Crippen molar-refractivity contribution in [2.75, 3.05) is 5.73 Å². The van der Waals surface area contributed by atoms with Gasteiger partial charge in [0.2, 0.25) is 0 Å². The maximum Gasteiger partial charge on any atom is 0.0354 e. The van der Waals surface area contributed by atoms with E-state index in [1.807, 2.05) is 12.1 Å². The third-order valence-electron chi connectivity index (χ3n) is 2.48. The lowest BCUT2D eigenvalue weighted by Crippen LogP contribution is -2.17. The van der Waals surface area contributed by atoms with Gasteiger partial charge in [-0.3, -0.25) is 0 Å². The molecule has 2 N–H and O–H groups in total. The topological polar surface area (TPSA) is 26.0 Å². The molecule has 83 valence electrons. The molecule has 0 saturated heterocycles. The average molecular weight is 204 g/mol. The molecule has 1 aromatic carbocycles. The second-order valence-corrected chi connectivity index (χ2v) is 5.52. The minimum Gasteiger partial charge on any atom is -0.398 e. The van der Waals surface area contributed by atoms with Crippen molar-refractivity contribution in [3.63, 3.8) is 0 Å². The predicted octanol–water partition coefficient (Wildman–Crippen LogP) is 3.72. The molecule has 0 unspecified atom stereocenters. The van der Waals surface area contributed by atoms with Crippen molar-refractivity contribution in [1.29, 1.82) is 0 Å². The van der Waals surface area contributed by atoms with Crippen LogP contribution < -0.4 is 5.73 Å². The standard InChI is InChI=1S/C14H22N/c1-10(2)9-11-7-6-8-12(15)13(11)14(3,4)5/h6-8H,9,15H2,1-5H3. The largest absolute Gasteiger partial charge is 0.398 e. The van der Waals surface area contributed by atoms with Gasteiger partial charge in [0.15, 0.2) is 0 Å². The molecule has 0 aliphatic rings. The normalized spacial score (nSPS) is 12.1. The van der Waals surface area contributed by atoms with Gasteiger partial charge in [-0.2, -0.15) is 0 Å². The summed E-state index contributed by atoms with van der Waals surface area (Å²) in [5, 5.41) is 0. The Hall–Kier alpha value is -0.980. The van der Waals surface area contributed by atoms with Gasteiger partial charge in [-0.1, -0.05) is 46.8 Å². The lowest BCUT2D eigenvalue weighted by atomic mass is 9.80. The van der Waals surface area contributed by atoms with E-state index in [-0.39, 0.29) is 5.41 Å². The molecular formula is C14H22N. The Bertz CT molecular complexity index is 332. The summed E-state index contributed by atoms with van der Waals surface area (Å²) < 4.78 is 0. The third kappa shape index (κ3) is 2.98. The van der Waals surface area contributed by atoms with Gasteiger partial charge in [-0.15, -0.1) is 0 Å². The van der Waals surface area contributed by atoms with Crippen molar-refractivity contribution in [3.05, 3.63) is 35.2 Å². The molecule has 1 rings (SSSR count). The van der Waals surface area contributed by atoms with Crippen LogP contribution in [0.25, 0.3) is 0 Å². The lowest BCUT2D eigenvalue weighted by molar-refractivity contribution is 0.585. The molecule has 0 aliphatic carbocycles. The van der Waals surface area contributed by atoms with Crippen molar-refractivity contribution < 1.29 is 0 Å². The minimum absolute atomic E-state index is 0.121. The summed E-state index contributed by atoms with van der Waals surface area (Å²) in [5.74, 6) is 1.42. The summed E-state index contributed by atoms with van der Waals surface area (Å²) in [5.41, 5.74) is 9.77.